The first-order valence-electron chi connectivity index (χ1n) is 6.03. The van der Waals surface area contributed by atoms with Crippen molar-refractivity contribution in [2.45, 2.75) is 57.9 Å². The Hall–Kier alpha value is -1.06. The fourth-order valence-corrected chi connectivity index (χ4v) is 2.19. The number of carbonyl (C=O) groups is 2. The minimum atomic E-state index is -0.830. The predicted octanol–water partition coefficient (Wildman–Crippen LogP) is 1.94. The highest BCUT2D eigenvalue weighted by Crippen LogP contribution is 2.35. The third-order valence-electron chi connectivity index (χ3n) is 3.36. The van der Waals surface area contributed by atoms with Crippen molar-refractivity contribution in [2.24, 2.45) is 5.92 Å². The molecule has 1 aliphatic rings. The van der Waals surface area contributed by atoms with Crippen molar-refractivity contribution in [1.82, 2.24) is 5.32 Å². The number of carbonyl (C=O) groups excluding carboxylic acids is 1. The zero-order valence-corrected chi connectivity index (χ0v) is 10.1. The van der Waals surface area contributed by atoms with Gasteiger partial charge in [-0.05, 0) is 25.7 Å². The molecule has 0 saturated heterocycles. The standard InChI is InChI=1S/C12H21NO3/c1-3-5-9(2)11(16)13-12(6-4-7-12)8-10(14)15/h9H,3-8H2,1-2H3,(H,13,16)(H,14,15). The van der Waals surface area contributed by atoms with Crippen LogP contribution in [0.15, 0.2) is 0 Å². The smallest absolute Gasteiger partial charge is 0.305 e. The van der Waals surface area contributed by atoms with Crippen LogP contribution < -0.4 is 5.32 Å². The topological polar surface area (TPSA) is 66.4 Å². The SMILES string of the molecule is CCCC(C)C(=O)NC1(CC(=O)O)CCC1. The number of amides is 1. The van der Waals surface area contributed by atoms with Crippen molar-refractivity contribution >= 4 is 11.9 Å². The lowest BCUT2D eigenvalue weighted by Gasteiger charge is -2.42. The van der Waals surface area contributed by atoms with E-state index in [9.17, 15) is 9.59 Å². The summed E-state index contributed by atoms with van der Waals surface area (Å²) in [5.41, 5.74) is -0.453. The van der Waals surface area contributed by atoms with Gasteiger partial charge in [0.05, 0.1) is 12.0 Å². The van der Waals surface area contributed by atoms with Crippen LogP contribution >= 0.6 is 0 Å². The van der Waals surface area contributed by atoms with E-state index in [4.69, 9.17) is 5.11 Å². The van der Waals surface area contributed by atoms with E-state index in [-0.39, 0.29) is 18.2 Å². The number of carboxylic acids is 1. The number of rotatable bonds is 6. The summed E-state index contributed by atoms with van der Waals surface area (Å²) >= 11 is 0. The minimum Gasteiger partial charge on any atom is -0.481 e. The Kier molecular flexibility index (Phi) is 4.33. The molecule has 0 aromatic carbocycles. The summed E-state index contributed by atoms with van der Waals surface area (Å²) in [4.78, 5) is 22.6. The molecule has 1 unspecified atom stereocenters. The van der Waals surface area contributed by atoms with Gasteiger partial charge in [0, 0.05) is 5.92 Å². The van der Waals surface area contributed by atoms with Gasteiger partial charge in [0.15, 0.2) is 0 Å². The molecule has 0 spiro atoms. The van der Waals surface area contributed by atoms with Crippen LogP contribution in [0.2, 0.25) is 0 Å². The molecular weight excluding hydrogens is 206 g/mol. The quantitative estimate of drug-likeness (QED) is 0.728. The molecule has 1 fully saturated rings. The Balaban J connectivity index is 2.49. The molecule has 0 radical (unpaired) electrons. The Morgan fingerprint density at radius 2 is 2.06 bits per heavy atom. The zero-order chi connectivity index (χ0) is 12.2. The van der Waals surface area contributed by atoms with Crippen molar-refractivity contribution < 1.29 is 14.7 Å². The highest BCUT2D eigenvalue weighted by atomic mass is 16.4. The van der Waals surface area contributed by atoms with Gasteiger partial charge < -0.3 is 10.4 Å². The molecule has 1 amide bonds. The predicted molar refractivity (Wildman–Crippen MR) is 61.0 cm³/mol. The van der Waals surface area contributed by atoms with Crippen molar-refractivity contribution in [2.75, 3.05) is 0 Å². The Morgan fingerprint density at radius 3 is 2.44 bits per heavy atom. The molecular formula is C12H21NO3. The summed E-state index contributed by atoms with van der Waals surface area (Å²) < 4.78 is 0. The molecule has 4 nitrogen and oxygen atoms in total. The second-order valence-electron chi connectivity index (χ2n) is 4.88. The monoisotopic (exact) mass is 227 g/mol. The zero-order valence-electron chi connectivity index (χ0n) is 10.1. The van der Waals surface area contributed by atoms with Gasteiger partial charge in [-0.15, -0.1) is 0 Å². The van der Waals surface area contributed by atoms with E-state index in [1.807, 2.05) is 13.8 Å². The van der Waals surface area contributed by atoms with Crippen LogP contribution in [0.1, 0.15) is 52.4 Å². The van der Waals surface area contributed by atoms with E-state index < -0.39 is 11.5 Å². The molecule has 92 valence electrons. The maximum atomic E-state index is 11.8. The minimum absolute atomic E-state index is 0.00259. The summed E-state index contributed by atoms with van der Waals surface area (Å²) in [5, 5.41) is 11.7. The van der Waals surface area contributed by atoms with Crippen LogP contribution in [-0.4, -0.2) is 22.5 Å². The lowest BCUT2D eigenvalue weighted by molar-refractivity contribution is -0.140. The molecule has 0 bridgehead atoms. The molecule has 0 aromatic rings. The number of aliphatic carboxylic acids is 1. The highest BCUT2D eigenvalue weighted by molar-refractivity contribution is 5.80. The highest BCUT2D eigenvalue weighted by Gasteiger charge is 2.40. The van der Waals surface area contributed by atoms with E-state index in [0.717, 1.165) is 32.1 Å². The molecule has 0 heterocycles. The summed E-state index contributed by atoms with van der Waals surface area (Å²) in [6.45, 7) is 3.94. The fourth-order valence-electron chi connectivity index (χ4n) is 2.19. The normalized spacial score (nSPS) is 19.6. The lowest BCUT2D eigenvalue weighted by atomic mass is 9.74. The third-order valence-corrected chi connectivity index (χ3v) is 3.36. The first-order chi connectivity index (χ1) is 7.49. The first-order valence-corrected chi connectivity index (χ1v) is 6.03. The average Bonchev–Trinajstić information content (AvgIpc) is 2.13. The molecule has 1 aliphatic carbocycles. The van der Waals surface area contributed by atoms with E-state index >= 15 is 0 Å². The van der Waals surface area contributed by atoms with Gasteiger partial charge in [-0.25, -0.2) is 0 Å². The van der Waals surface area contributed by atoms with Crippen molar-refractivity contribution in [3.8, 4) is 0 Å². The molecule has 1 atom stereocenters. The third kappa shape index (κ3) is 3.22. The van der Waals surface area contributed by atoms with Gasteiger partial charge in [0.1, 0.15) is 0 Å². The molecule has 1 rings (SSSR count). The van der Waals surface area contributed by atoms with E-state index in [1.165, 1.54) is 0 Å². The van der Waals surface area contributed by atoms with Gasteiger partial charge in [0.2, 0.25) is 5.91 Å². The van der Waals surface area contributed by atoms with Gasteiger partial charge in [-0.3, -0.25) is 9.59 Å². The van der Waals surface area contributed by atoms with Crippen molar-refractivity contribution in [3.05, 3.63) is 0 Å². The molecule has 0 aliphatic heterocycles. The van der Waals surface area contributed by atoms with Crippen LogP contribution in [0.25, 0.3) is 0 Å². The van der Waals surface area contributed by atoms with Crippen molar-refractivity contribution in [1.29, 1.82) is 0 Å². The summed E-state index contributed by atoms with van der Waals surface area (Å²) in [5.74, 6) is -0.845. The Bertz CT molecular complexity index is 271. The van der Waals surface area contributed by atoms with Crippen LogP contribution in [0, 0.1) is 5.92 Å². The van der Waals surface area contributed by atoms with E-state index in [2.05, 4.69) is 5.32 Å². The molecule has 16 heavy (non-hydrogen) atoms. The summed E-state index contributed by atoms with van der Waals surface area (Å²) in [6, 6.07) is 0. The maximum Gasteiger partial charge on any atom is 0.305 e. The largest absolute Gasteiger partial charge is 0.481 e. The second-order valence-corrected chi connectivity index (χ2v) is 4.88. The fraction of sp³-hybridized carbons (Fsp3) is 0.833. The maximum absolute atomic E-state index is 11.8. The number of hydrogen-bond acceptors (Lipinski definition) is 2. The van der Waals surface area contributed by atoms with Crippen LogP contribution in [0.4, 0.5) is 0 Å². The second kappa shape index (κ2) is 5.32. The van der Waals surface area contributed by atoms with Gasteiger partial charge in [0.25, 0.3) is 0 Å². The average molecular weight is 227 g/mol. The van der Waals surface area contributed by atoms with E-state index in [0.29, 0.717) is 0 Å². The van der Waals surface area contributed by atoms with Crippen LogP contribution in [0.5, 0.6) is 0 Å². The van der Waals surface area contributed by atoms with E-state index in [1.54, 1.807) is 0 Å². The lowest BCUT2D eigenvalue weighted by Crippen LogP contribution is -2.55. The Morgan fingerprint density at radius 1 is 1.44 bits per heavy atom. The number of nitrogens with one attached hydrogen (secondary N) is 1. The Labute approximate surface area is 96.4 Å². The molecule has 1 saturated carbocycles. The molecule has 4 heteroatoms. The molecule has 2 N–H and O–H groups in total. The van der Waals surface area contributed by atoms with Crippen molar-refractivity contribution in [3.63, 3.8) is 0 Å². The number of carboxylic acid groups (broad SMARTS) is 1. The van der Waals surface area contributed by atoms with Gasteiger partial charge in [-0.1, -0.05) is 20.3 Å². The van der Waals surface area contributed by atoms with Crippen LogP contribution in [0.3, 0.4) is 0 Å². The summed E-state index contributed by atoms with van der Waals surface area (Å²) in [7, 11) is 0. The van der Waals surface area contributed by atoms with Gasteiger partial charge >= 0.3 is 5.97 Å². The number of hydrogen-bond donors (Lipinski definition) is 2. The summed E-state index contributed by atoms with van der Waals surface area (Å²) in [6.07, 6.45) is 4.48. The van der Waals surface area contributed by atoms with Gasteiger partial charge in [-0.2, -0.15) is 0 Å². The molecule has 0 aromatic heterocycles. The van der Waals surface area contributed by atoms with Crippen LogP contribution in [-0.2, 0) is 9.59 Å². The first kappa shape index (κ1) is 13.0.